The number of nitrogens with one attached hydrogen (secondary N) is 1. The molecule has 1 N–H and O–H groups in total. The summed E-state index contributed by atoms with van der Waals surface area (Å²) >= 11 is 1.31. The molecule has 3 aromatic rings. The molecule has 0 radical (unpaired) electrons. The number of pyridine rings is 1. The number of carbonyl (C=O) groups excluding carboxylic acids is 1. The second-order valence-electron chi connectivity index (χ2n) is 6.57. The minimum Gasteiger partial charge on any atom is -0.353 e. The lowest BCUT2D eigenvalue weighted by molar-refractivity contribution is 0.102. The number of piperazine rings is 1. The number of nitriles is 1. The SMILES string of the molecule is N#Cc1cccnc1N1CCN(Cc2nnc(C(=O)Nc3ccccc3)s2)CC1. The van der Waals surface area contributed by atoms with Crippen LogP contribution in [0.2, 0.25) is 0 Å². The Balaban J connectivity index is 1.32. The molecule has 1 amide bonds. The van der Waals surface area contributed by atoms with Gasteiger partial charge in [-0.1, -0.05) is 29.5 Å². The van der Waals surface area contributed by atoms with E-state index in [-0.39, 0.29) is 5.91 Å². The van der Waals surface area contributed by atoms with Crippen LogP contribution in [0, 0.1) is 11.3 Å². The Bertz CT molecular complexity index is 1020. The van der Waals surface area contributed by atoms with Gasteiger partial charge in [0, 0.05) is 38.1 Å². The van der Waals surface area contributed by atoms with Crippen molar-refractivity contribution in [2.45, 2.75) is 6.54 Å². The van der Waals surface area contributed by atoms with E-state index in [1.807, 2.05) is 30.3 Å². The van der Waals surface area contributed by atoms with E-state index in [4.69, 9.17) is 0 Å². The summed E-state index contributed by atoms with van der Waals surface area (Å²) in [5.74, 6) is 0.495. The molecule has 0 spiro atoms. The Hall–Kier alpha value is -3.35. The van der Waals surface area contributed by atoms with Crippen LogP contribution in [0.5, 0.6) is 0 Å². The van der Waals surface area contributed by atoms with E-state index in [2.05, 4.69) is 36.4 Å². The Kier molecular flexibility index (Phi) is 5.74. The number of anilines is 2. The maximum absolute atomic E-state index is 12.3. The van der Waals surface area contributed by atoms with Gasteiger partial charge in [-0.25, -0.2) is 4.98 Å². The molecular weight excluding hydrogens is 386 g/mol. The number of amides is 1. The van der Waals surface area contributed by atoms with Gasteiger partial charge >= 0.3 is 0 Å². The fraction of sp³-hybridized carbons (Fsp3) is 0.250. The zero-order chi connectivity index (χ0) is 20.1. The highest BCUT2D eigenvalue weighted by atomic mass is 32.1. The lowest BCUT2D eigenvalue weighted by Crippen LogP contribution is -2.46. The minimum absolute atomic E-state index is 0.246. The van der Waals surface area contributed by atoms with E-state index in [1.54, 1.807) is 18.3 Å². The van der Waals surface area contributed by atoms with Crippen LogP contribution in [0.1, 0.15) is 20.4 Å². The van der Waals surface area contributed by atoms with Crippen LogP contribution in [-0.4, -0.2) is 52.2 Å². The Morgan fingerprint density at radius 3 is 2.66 bits per heavy atom. The predicted molar refractivity (Wildman–Crippen MR) is 111 cm³/mol. The van der Waals surface area contributed by atoms with Crippen molar-refractivity contribution in [2.24, 2.45) is 0 Å². The molecule has 4 rings (SSSR count). The Labute approximate surface area is 172 Å². The van der Waals surface area contributed by atoms with Crippen LogP contribution in [-0.2, 0) is 6.54 Å². The van der Waals surface area contributed by atoms with Gasteiger partial charge in [0.1, 0.15) is 16.9 Å². The molecule has 0 aliphatic carbocycles. The van der Waals surface area contributed by atoms with Crippen LogP contribution >= 0.6 is 11.3 Å². The second kappa shape index (κ2) is 8.77. The molecule has 1 aliphatic heterocycles. The summed E-state index contributed by atoms with van der Waals surface area (Å²) in [5.41, 5.74) is 1.33. The molecule has 1 saturated heterocycles. The number of hydrogen-bond donors (Lipinski definition) is 1. The standard InChI is InChI=1S/C20H19N7OS/c21-13-15-5-4-8-22-18(15)27-11-9-26(10-12-27)14-17-24-25-20(29-17)19(28)23-16-6-2-1-3-7-16/h1-8H,9-12,14H2,(H,23,28). The zero-order valence-corrected chi connectivity index (χ0v) is 16.5. The minimum atomic E-state index is -0.246. The molecule has 0 bridgehead atoms. The van der Waals surface area contributed by atoms with E-state index in [1.165, 1.54) is 11.3 Å². The summed E-state index contributed by atoms with van der Waals surface area (Å²) in [5, 5.41) is 21.5. The van der Waals surface area contributed by atoms with Crippen molar-refractivity contribution in [3.05, 3.63) is 64.2 Å². The third kappa shape index (κ3) is 4.56. The molecule has 3 heterocycles. The molecule has 1 fully saturated rings. The highest BCUT2D eigenvalue weighted by Gasteiger charge is 2.22. The molecule has 9 heteroatoms. The highest BCUT2D eigenvalue weighted by molar-refractivity contribution is 7.13. The van der Waals surface area contributed by atoms with Gasteiger partial charge < -0.3 is 10.2 Å². The summed E-state index contributed by atoms with van der Waals surface area (Å²) < 4.78 is 0. The first-order valence-corrected chi connectivity index (χ1v) is 10.1. The van der Waals surface area contributed by atoms with E-state index < -0.39 is 0 Å². The van der Waals surface area contributed by atoms with Crippen molar-refractivity contribution in [2.75, 3.05) is 36.4 Å². The summed E-state index contributed by atoms with van der Waals surface area (Å²) in [7, 11) is 0. The van der Waals surface area contributed by atoms with E-state index >= 15 is 0 Å². The summed E-state index contributed by atoms with van der Waals surface area (Å²) in [6, 6.07) is 15.1. The molecule has 8 nitrogen and oxygen atoms in total. The van der Waals surface area contributed by atoms with Gasteiger partial charge in [-0.3, -0.25) is 9.69 Å². The highest BCUT2D eigenvalue weighted by Crippen LogP contribution is 2.20. The summed E-state index contributed by atoms with van der Waals surface area (Å²) in [6.45, 7) is 3.87. The molecule has 1 aliphatic rings. The van der Waals surface area contributed by atoms with E-state index in [0.717, 1.165) is 42.7 Å². The van der Waals surface area contributed by atoms with Crippen molar-refractivity contribution in [3.63, 3.8) is 0 Å². The van der Waals surface area contributed by atoms with Crippen LogP contribution in [0.25, 0.3) is 0 Å². The number of aromatic nitrogens is 3. The lowest BCUT2D eigenvalue weighted by Gasteiger charge is -2.35. The van der Waals surface area contributed by atoms with Crippen molar-refractivity contribution in [3.8, 4) is 6.07 Å². The van der Waals surface area contributed by atoms with Crippen molar-refractivity contribution in [1.29, 1.82) is 5.26 Å². The molecule has 2 aromatic heterocycles. The smallest absolute Gasteiger partial charge is 0.286 e. The first-order valence-electron chi connectivity index (χ1n) is 9.24. The molecule has 29 heavy (non-hydrogen) atoms. The Morgan fingerprint density at radius 2 is 1.90 bits per heavy atom. The maximum atomic E-state index is 12.3. The number of para-hydroxylation sites is 1. The van der Waals surface area contributed by atoms with Gasteiger partial charge in [0.25, 0.3) is 5.91 Å². The molecule has 1 aromatic carbocycles. The predicted octanol–water partition coefficient (Wildman–Crippen LogP) is 2.38. The monoisotopic (exact) mass is 405 g/mol. The van der Waals surface area contributed by atoms with Crippen LogP contribution in [0.3, 0.4) is 0 Å². The van der Waals surface area contributed by atoms with Crippen LogP contribution < -0.4 is 10.2 Å². The fourth-order valence-electron chi connectivity index (χ4n) is 3.16. The fourth-order valence-corrected chi connectivity index (χ4v) is 3.94. The first kappa shape index (κ1) is 19.0. The average molecular weight is 405 g/mol. The Morgan fingerprint density at radius 1 is 1.10 bits per heavy atom. The quantitative estimate of drug-likeness (QED) is 0.696. The largest absolute Gasteiger partial charge is 0.353 e. The van der Waals surface area contributed by atoms with Crippen molar-refractivity contribution in [1.82, 2.24) is 20.1 Å². The van der Waals surface area contributed by atoms with E-state index in [9.17, 15) is 10.1 Å². The molecule has 0 unspecified atom stereocenters. The number of rotatable bonds is 5. The van der Waals surface area contributed by atoms with E-state index in [0.29, 0.717) is 17.1 Å². The molecule has 0 saturated carbocycles. The number of nitrogens with zero attached hydrogens (tertiary/aromatic N) is 6. The molecule has 146 valence electrons. The topological polar surface area (TPSA) is 98.0 Å². The van der Waals surface area contributed by atoms with Gasteiger partial charge in [-0.2, -0.15) is 5.26 Å². The van der Waals surface area contributed by atoms with Crippen LogP contribution in [0.15, 0.2) is 48.7 Å². The number of benzene rings is 1. The maximum Gasteiger partial charge on any atom is 0.286 e. The number of hydrogen-bond acceptors (Lipinski definition) is 8. The van der Waals surface area contributed by atoms with Gasteiger partial charge in [0.05, 0.1) is 12.1 Å². The van der Waals surface area contributed by atoms with Crippen molar-refractivity contribution < 1.29 is 4.79 Å². The zero-order valence-electron chi connectivity index (χ0n) is 15.7. The second-order valence-corrected chi connectivity index (χ2v) is 7.63. The first-order chi connectivity index (χ1) is 14.2. The summed E-state index contributed by atoms with van der Waals surface area (Å²) in [6.07, 6.45) is 1.71. The van der Waals surface area contributed by atoms with Gasteiger partial charge in [-0.05, 0) is 24.3 Å². The molecule has 0 atom stereocenters. The van der Waals surface area contributed by atoms with Gasteiger partial charge in [0.15, 0.2) is 0 Å². The third-order valence-corrected chi connectivity index (χ3v) is 5.54. The van der Waals surface area contributed by atoms with Gasteiger partial charge in [0.2, 0.25) is 5.01 Å². The average Bonchev–Trinajstić information content (AvgIpc) is 3.24. The van der Waals surface area contributed by atoms with Crippen molar-refractivity contribution >= 4 is 28.7 Å². The molecular formula is C20H19N7OS. The van der Waals surface area contributed by atoms with Crippen LogP contribution in [0.4, 0.5) is 11.5 Å². The third-order valence-electron chi connectivity index (χ3n) is 4.63. The summed E-state index contributed by atoms with van der Waals surface area (Å²) in [4.78, 5) is 21.1. The lowest BCUT2D eigenvalue weighted by atomic mass is 10.2. The number of carbonyl (C=O) groups is 1. The van der Waals surface area contributed by atoms with Gasteiger partial charge in [-0.15, -0.1) is 10.2 Å². The normalized spacial score (nSPS) is 14.4.